The summed E-state index contributed by atoms with van der Waals surface area (Å²) in [6.45, 7) is 2.67. The maximum Gasteiger partial charge on any atom is 0.321 e. The molecule has 0 bridgehead atoms. The van der Waals surface area contributed by atoms with Crippen molar-refractivity contribution in [3.63, 3.8) is 0 Å². The van der Waals surface area contributed by atoms with Crippen LogP contribution in [0.5, 0.6) is 0 Å². The van der Waals surface area contributed by atoms with Crippen LogP contribution < -0.4 is 5.32 Å². The lowest BCUT2D eigenvalue weighted by Gasteiger charge is -2.26. The van der Waals surface area contributed by atoms with E-state index < -0.39 is 0 Å². The summed E-state index contributed by atoms with van der Waals surface area (Å²) >= 11 is 5.89. The molecule has 1 N–H and O–H groups in total. The number of hydrogen-bond donors (Lipinski definition) is 1. The van der Waals surface area contributed by atoms with Crippen LogP contribution in [0.25, 0.3) is 0 Å². The number of ether oxygens (including phenoxy) is 1. The molecule has 0 heterocycles. The summed E-state index contributed by atoms with van der Waals surface area (Å²) in [7, 11) is 1.36. The molecule has 1 aromatic rings. The first kappa shape index (κ1) is 20.3. The van der Waals surface area contributed by atoms with Crippen LogP contribution in [-0.2, 0) is 9.53 Å². The van der Waals surface area contributed by atoms with E-state index in [4.69, 9.17) is 16.3 Å². The van der Waals surface area contributed by atoms with Gasteiger partial charge in [-0.2, -0.15) is 0 Å². The van der Waals surface area contributed by atoms with Gasteiger partial charge in [-0.25, -0.2) is 4.79 Å². The van der Waals surface area contributed by atoms with Gasteiger partial charge in [0.15, 0.2) is 0 Å². The number of anilines is 1. The fraction of sp³-hybridized carbons (Fsp3) is 0.500. The number of benzene rings is 1. The van der Waals surface area contributed by atoms with Gasteiger partial charge < -0.3 is 15.0 Å². The lowest BCUT2D eigenvalue weighted by atomic mass is 9.97. The van der Waals surface area contributed by atoms with E-state index in [1.165, 1.54) is 25.5 Å². The largest absolute Gasteiger partial charge is 0.469 e. The SMILES string of the molecule is COC(=O)C(C)CN(CCC1=CCCCC1)C(=O)Nc1ccc(Cl)cc1. The van der Waals surface area contributed by atoms with E-state index in [2.05, 4.69) is 11.4 Å². The molecule has 1 aliphatic rings. The van der Waals surface area contributed by atoms with E-state index in [0.29, 0.717) is 23.8 Å². The molecule has 1 aromatic carbocycles. The number of nitrogens with zero attached hydrogens (tertiary/aromatic N) is 1. The van der Waals surface area contributed by atoms with Crippen LogP contribution in [-0.4, -0.2) is 37.1 Å². The summed E-state index contributed by atoms with van der Waals surface area (Å²) in [6, 6.07) is 6.74. The zero-order valence-corrected chi connectivity index (χ0v) is 16.2. The molecule has 0 fully saturated rings. The molecular weight excluding hydrogens is 352 g/mol. The molecule has 0 saturated heterocycles. The Labute approximate surface area is 160 Å². The molecule has 26 heavy (non-hydrogen) atoms. The maximum atomic E-state index is 12.7. The van der Waals surface area contributed by atoms with Crippen molar-refractivity contribution >= 4 is 29.3 Å². The zero-order chi connectivity index (χ0) is 18.9. The van der Waals surface area contributed by atoms with Gasteiger partial charge in [0.05, 0.1) is 13.0 Å². The lowest BCUT2D eigenvalue weighted by Crippen LogP contribution is -2.40. The van der Waals surface area contributed by atoms with Crippen molar-refractivity contribution in [2.24, 2.45) is 5.92 Å². The Kier molecular flexibility index (Phi) is 7.98. The monoisotopic (exact) mass is 378 g/mol. The summed E-state index contributed by atoms with van der Waals surface area (Å²) in [5.41, 5.74) is 2.07. The minimum Gasteiger partial charge on any atom is -0.469 e. The third kappa shape index (κ3) is 6.37. The number of urea groups is 1. The fourth-order valence-electron chi connectivity index (χ4n) is 3.03. The Hall–Kier alpha value is -2.01. The van der Waals surface area contributed by atoms with Crippen molar-refractivity contribution < 1.29 is 14.3 Å². The number of allylic oxidation sites excluding steroid dienone is 1. The number of methoxy groups -OCH3 is 1. The highest BCUT2D eigenvalue weighted by molar-refractivity contribution is 6.30. The van der Waals surface area contributed by atoms with Crippen molar-refractivity contribution in [2.75, 3.05) is 25.5 Å². The van der Waals surface area contributed by atoms with Crippen molar-refractivity contribution in [3.8, 4) is 0 Å². The van der Waals surface area contributed by atoms with Crippen LogP contribution in [0.15, 0.2) is 35.9 Å². The van der Waals surface area contributed by atoms with E-state index in [1.54, 1.807) is 36.1 Å². The molecule has 0 saturated carbocycles. The predicted molar refractivity (Wildman–Crippen MR) is 104 cm³/mol. The van der Waals surface area contributed by atoms with Gasteiger partial charge in [0, 0.05) is 23.8 Å². The molecule has 0 spiro atoms. The minimum absolute atomic E-state index is 0.223. The van der Waals surface area contributed by atoms with Crippen molar-refractivity contribution in [1.82, 2.24) is 4.90 Å². The highest BCUT2D eigenvalue weighted by Crippen LogP contribution is 2.21. The topological polar surface area (TPSA) is 58.6 Å². The summed E-state index contributed by atoms with van der Waals surface area (Å²) in [6.07, 6.45) is 7.78. The van der Waals surface area contributed by atoms with Crippen LogP contribution in [0.4, 0.5) is 10.5 Å². The number of halogens is 1. The van der Waals surface area contributed by atoms with E-state index in [9.17, 15) is 9.59 Å². The Morgan fingerprint density at radius 1 is 1.27 bits per heavy atom. The fourth-order valence-corrected chi connectivity index (χ4v) is 3.15. The molecule has 0 aromatic heterocycles. The van der Waals surface area contributed by atoms with Crippen LogP contribution in [0.1, 0.15) is 39.0 Å². The molecule has 0 aliphatic heterocycles. The number of carbonyl (C=O) groups is 2. The van der Waals surface area contributed by atoms with Gasteiger partial charge in [0.25, 0.3) is 0 Å². The van der Waals surface area contributed by atoms with E-state index in [1.807, 2.05) is 0 Å². The number of esters is 1. The number of rotatable bonds is 7. The van der Waals surface area contributed by atoms with Gasteiger partial charge in [-0.05, 0) is 56.4 Å². The molecule has 0 radical (unpaired) electrons. The Morgan fingerprint density at radius 3 is 2.62 bits per heavy atom. The average Bonchev–Trinajstić information content (AvgIpc) is 2.66. The molecule has 2 amide bonds. The van der Waals surface area contributed by atoms with Crippen molar-refractivity contribution in [3.05, 3.63) is 40.9 Å². The van der Waals surface area contributed by atoms with Gasteiger partial charge in [-0.3, -0.25) is 4.79 Å². The smallest absolute Gasteiger partial charge is 0.321 e. The van der Waals surface area contributed by atoms with Crippen molar-refractivity contribution in [1.29, 1.82) is 0 Å². The highest BCUT2D eigenvalue weighted by Gasteiger charge is 2.22. The van der Waals surface area contributed by atoms with E-state index in [0.717, 1.165) is 19.3 Å². The molecule has 2 rings (SSSR count). The molecule has 1 unspecified atom stereocenters. The second-order valence-electron chi connectivity index (χ2n) is 6.67. The normalized spacial score (nSPS) is 15.0. The molecule has 6 heteroatoms. The number of nitrogens with one attached hydrogen (secondary N) is 1. The molecule has 142 valence electrons. The molecular formula is C20H27ClN2O3. The third-order valence-electron chi connectivity index (χ3n) is 4.57. The van der Waals surface area contributed by atoms with Crippen LogP contribution in [0.2, 0.25) is 5.02 Å². The summed E-state index contributed by atoms with van der Waals surface area (Å²) in [4.78, 5) is 26.2. The second kappa shape index (κ2) is 10.2. The highest BCUT2D eigenvalue weighted by atomic mass is 35.5. The average molecular weight is 379 g/mol. The van der Waals surface area contributed by atoms with Gasteiger partial charge in [-0.15, -0.1) is 0 Å². The minimum atomic E-state index is -0.378. The first-order chi connectivity index (χ1) is 12.5. The Balaban J connectivity index is 2.02. The second-order valence-corrected chi connectivity index (χ2v) is 7.10. The Morgan fingerprint density at radius 2 is 2.00 bits per heavy atom. The first-order valence-electron chi connectivity index (χ1n) is 9.07. The molecule has 1 aliphatic carbocycles. The number of hydrogen-bond acceptors (Lipinski definition) is 3. The summed E-state index contributed by atoms with van der Waals surface area (Å²) < 4.78 is 4.80. The standard InChI is InChI=1S/C20H27ClN2O3/c1-15(19(24)26-2)14-23(13-12-16-6-4-3-5-7-16)20(25)22-18-10-8-17(21)9-11-18/h6,8-11,15H,3-5,7,12-14H2,1-2H3,(H,22,25). The summed E-state index contributed by atoms with van der Waals surface area (Å²) in [5, 5.41) is 3.49. The van der Waals surface area contributed by atoms with Crippen LogP contribution in [0.3, 0.4) is 0 Å². The number of carbonyl (C=O) groups excluding carboxylic acids is 2. The lowest BCUT2D eigenvalue weighted by molar-refractivity contribution is -0.145. The van der Waals surface area contributed by atoms with Gasteiger partial charge in [0.2, 0.25) is 0 Å². The van der Waals surface area contributed by atoms with Crippen molar-refractivity contribution in [2.45, 2.75) is 39.0 Å². The van der Waals surface area contributed by atoms with Gasteiger partial charge in [-0.1, -0.05) is 30.2 Å². The van der Waals surface area contributed by atoms with Gasteiger partial charge >= 0.3 is 12.0 Å². The van der Waals surface area contributed by atoms with E-state index in [-0.39, 0.29) is 17.9 Å². The predicted octanol–water partition coefficient (Wildman–Crippen LogP) is 4.87. The maximum absolute atomic E-state index is 12.7. The number of amides is 2. The molecule has 1 atom stereocenters. The zero-order valence-electron chi connectivity index (χ0n) is 15.5. The Bertz CT molecular complexity index is 643. The van der Waals surface area contributed by atoms with Crippen LogP contribution >= 0.6 is 11.6 Å². The third-order valence-corrected chi connectivity index (χ3v) is 4.82. The first-order valence-corrected chi connectivity index (χ1v) is 9.44. The summed E-state index contributed by atoms with van der Waals surface area (Å²) in [5.74, 6) is -0.692. The quantitative estimate of drug-likeness (QED) is 0.543. The van der Waals surface area contributed by atoms with E-state index >= 15 is 0 Å². The van der Waals surface area contributed by atoms with Gasteiger partial charge in [0.1, 0.15) is 0 Å². The van der Waals surface area contributed by atoms with Crippen LogP contribution in [0, 0.1) is 5.92 Å². The molecule has 5 nitrogen and oxygen atoms in total.